The van der Waals surface area contributed by atoms with Crippen molar-refractivity contribution in [1.29, 1.82) is 0 Å². The van der Waals surface area contributed by atoms with Crippen molar-refractivity contribution in [2.75, 3.05) is 0 Å². The molecule has 5 heteroatoms. The SMILES string of the molecule is CCC(C)C(C)C(C)CCc1ccc(B(O)O)[nH]c1=O. The highest BCUT2D eigenvalue weighted by Gasteiger charge is 2.18. The summed E-state index contributed by atoms with van der Waals surface area (Å²) in [5.74, 6) is 1.89. The van der Waals surface area contributed by atoms with Crippen LogP contribution in [0.1, 0.15) is 46.1 Å². The Bertz CT molecular complexity index is 472. The first kappa shape index (κ1) is 17.0. The minimum atomic E-state index is -1.62. The van der Waals surface area contributed by atoms with Gasteiger partial charge in [0.2, 0.25) is 0 Å². The highest BCUT2D eigenvalue weighted by molar-refractivity contribution is 6.57. The van der Waals surface area contributed by atoms with Gasteiger partial charge in [0.25, 0.3) is 5.56 Å². The molecule has 0 fully saturated rings. The van der Waals surface area contributed by atoms with Gasteiger partial charge in [-0.2, -0.15) is 0 Å². The Morgan fingerprint density at radius 3 is 2.35 bits per heavy atom. The van der Waals surface area contributed by atoms with E-state index in [0.717, 1.165) is 12.8 Å². The van der Waals surface area contributed by atoms with E-state index in [1.54, 1.807) is 12.1 Å². The van der Waals surface area contributed by atoms with Gasteiger partial charge in [-0.15, -0.1) is 0 Å². The zero-order valence-corrected chi connectivity index (χ0v) is 12.9. The van der Waals surface area contributed by atoms with Crippen LogP contribution in [0.4, 0.5) is 0 Å². The number of aromatic nitrogens is 1. The number of hydrogen-bond acceptors (Lipinski definition) is 3. The summed E-state index contributed by atoms with van der Waals surface area (Å²) >= 11 is 0. The molecule has 1 aromatic rings. The van der Waals surface area contributed by atoms with Crippen LogP contribution in [-0.4, -0.2) is 22.2 Å². The standard InChI is InChI=1S/C15H26BNO3/c1-5-10(2)12(4)11(3)6-7-13-8-9-14(16(19)20)17-15(13)18/h8-12,19-20H,5-7H2,1-4H3,(H,17,18). The van der Waals surface area contributed by atoms with Gasteiger partial charge in [-0.3, -0.25) is 4.79 Å². The van der Waals surface area contributed by atoms with Crippen molar-refractivity contribution in [1.82, 2.24) is 4.98 Å². The second kappa shape index (κ2) is 7.65. The molecule has 1 aromatic heterocycles. The van der Waals surface area contributed by atoms with E-state index in [1.807, 2.05) is 0 Å². The number of pyridine rings is 1. The Labute approximate surface area is 121 Å². The summed E-state index contributed by atoms with van der Waals surface area (Å²) in [6.07, 6.45) is 2.86. The molecule has 0 saturated carbocycles. The molecule has 0 aliphatic heterocycles. The first-order chi connectivity index (χ1) is 9.36. The number of hydrogen-bond donors (Lipinski definition) is 3. The molecule has 0 spiro atoms. The van der Waals surface area contributed by atoms with Gasteiger partial charge in [0.1, 0.15) is 0 Å². The van der Waals surface area contributed by atoms with Gasteiger partial charge in [-0.05, 0) is 36.7 Å². The van der Waals surface area contributed by atoms with Gasteiger partial charge in [-0.1, -0.05) is 40.2 Å². The van der Waals surface area contributed by atoms with Crippen molar-refractivity contribution in [3.05, 3.63) is 28.0 Å². The molecule has 0 saturated heterocycles. The Kier molecular flexibility index (Phi) is 6.50. The van der Waals surface area contributed by atoms with E-state index < -0.39 is 7.12 Å². The molecule has 1 rings (SSSR count). The Morgan fingerprint density at radius 2 is 1.85 bits per heavy atom. The maximum absolute atomic E-state index is 11.8. The molecule has 0 amide bonds. The first-order valence-electron chi connectivity index (χ1n) is 7.45. The maximum atomic E-state index is 11.8. The second-order valence-electron chi connectivity index (χ2n) is 5.90. The molecule has 0 aliphatic rings. The first-order valence-corrected chi connectivity index (χ1v) is 7.45. The molecule has 3 unspecified atom stereocenters. The zero-order chi connectivity index (χ0) is 15.3. The zero-order valence-electron chi connectivity index (χ0n) is 12.9. The highest BCUT2D eigenvalue weighted by atomic mass is 16.4. The van der Waals surface area contributed by atoms with Crippen LogP contribution in [0.25, 0.3) is 0 Å². The predicted molar refractivity (Wildman–Crippen MR) is 83.0 cm³/mol. The molecule has 0 aliphatic carbocycles. The summed E-state index contributed by atoms with van der Waals surface area (Å²) in [6, 6.07) is 3.25. The van der Waals surface area contributed by atoms with Crippen LogP contribution >= 0.6 is 0 Å². The predicted octanol–water partition coefficient (Wildman–Crippen LogP) is 1.31. The number of aromatic amines is 1. The minimum absolute atomic E-state index is 0.139. The van der Waals surface area contributed by atoms with Crippen LogP contribution in [0.5, 0.6) is 0 Å². The lowest BCUT2D eigenvalue weighted by Crippen LogP contribution is -2.37. The van der Waals surface area contributed by atoms with Crippen LogP contribution in [0.3, 0.4) is 0 Å². The fourth-order valence-electron chi connectivity index (χ4n) is 2.45. The lowest BCUT2D eigenvalue weighted by atomic mass is 9.80. The van der Waals surface area contributed by atoms with Crippen LogP contribution < -0.4 is 11.2 Å². The topological polar surface area (TPSA) is 73.3 Å². The molecule has 1 heterocycles. The smallest absolute Gasteiger partial charge is 0.422 e. The van der Waals surface area contributed by atoms with E-state index in [2.05, 4.69) is 32.7 Å². The van der Waals surface area contributed by atoms with E-state index in [4.69, 9.17) is 10.0 Å². The third kappa shape index (κ3) is 4.49. The number of nitrogens with one attached hydrogen (secondary N) is 1. The van der Waals surface area contributed by atoms with E-state index in [1.165, 1.54) is 6.42 Å². The molecule has 4 nitrogen and oxygen atoms in total. The van der Waals surface area contributed by atoms with Gasteiger partial charge in [0.05, 0.1) is 0 Å². The normalized spacial score (nSPS) is 15.7. The minimum Gasteiger partial charge on any atom is -0.422 e. The molecule has 0 bridgehead atoms. The summed E-state index contributed by atoms with van der Waals surface area (Å²) in [4.78, 5) is 14.3. The summed E-state index contributed by atoms with van der Waals surface area (Å²) in [5, 5.41) is 18.0. The second-order valence-corrected chi connectivity index (χ2v) is 5.90. The number of H-pyrrole nitrogens is 1. The van der Waals surface area contributed by atoms with E-state index in [-0.39, 0.29) is 11.2 Å². The summed E-state index contributed by atoms with van der Waals surface area (Å²) in [5.41, 5.74) is 0.622. The highest BCUT2D eigenvalue weighted by Crippen LogP contribution is 2.26. The molecule has 3 N–H and O–H groups in total. The van der Waals surface area contributed by atoms with E-state index in [0.29, 0.717) is 23.3 Å². The third-order valence-electron chi connectivity index (χ3n) is 4.60. The van der Waals surface area contributed by atoms with Crippen molar-refractivity contribution in [3.63, 3.8) is 0 Å². The van der Waals surface area contributed by atoms with E-state index in [9.17, 15) is 4.79 Å². The monoisotopic (exact) mass is 279 g/mol. The number of rotatable bonds is 7. The van der Waals surface area contributed by atoms with Crippen LogP contribution in [0.15, 0.2) is 16.9 Å². The maximum Gasteiger partial charge on any atom is 0.505 e. The Morgan fingerprint density at radius 1 is 1.20 bits per heavy atom. The summed E-state index contributed by atoms with van der Waals surface area (Å²) in [6.45, 7) is 8.98. The molecule has 3 atom stereocenters. The molecular weight excluding hydrogens is 253 g/mol. The Hall–Kier alpha value is -1.07. The van der Waals surface area contributed by atoms with Crippen LogP contribution in [0, 0.1) is 17.8 Å². The van der Waals surface area contributed by atoms with Crippen molar-refractivity contribution in [2.45, 2.75) is 47.0 Å². The van der Waals surface area contributed by atoms with Crippen LogP contribution in [-0.2, 0) is 6.42 Å². The molecule has 0 aromatic carbocycles. The van der Waals surface area contributed by atoms with Crippen molar-refractivity contribution in [2.24, 2.45) is 17.8 Å². The Balaban J connectivity index is 2.64. The van der Waals surface area contributed by atoms with Gasteiger partial charge in [0, 0.05) is 11.2 Å². The third-order valence-corrected chi connectivity index (χ3v) is 4.60. The lowest BCUT2D eigenvalue weighted by Gasteiger charge is -2.25. The molecular formula is C15H26BNO3. The summed E-state index contributed by atoms with van der Waals surface area (Å²) < 4.78 is 0. The van der Waals surface area contributed by atoms with E-state index >= 15 is 0 Å². The van der Waals surface area contributed by atoms with Crippen molar-refractivity contribution in [3.8, 4) is 0 Å². The largest absolute Gasteiger partial charge is 0.505 e. The molecule has 0 radical (unpaired) electrons. The van der Waals surface area contributed by atoms with Crippen LogP contribution in [0.2, 0.25) is 0 Å². The van der Waals surface area contributed by atoms with Crippen molar-refractivity contribution < 1.29 is 10.0 Å². The van der Waals surface area contributed by atoms with Gasteiger partial charge in [-0.25, -0.2) is 0 Å². The summed E-state index contributed by atoms with van der Waals surface area (Å²) in [7, 11) is -1.62. The quantitative estimate of drug-likeness (QED) is 0.659. The fourth-order valence-corrected chi connectivity index (χ4v) is 2.45. The average molecular weight is 279 g/mol. The van der Waals surface area contributed by atoms with Gasteiger partial charge < -0.3 is 15.0 Å². The van der Waals surface area contributed by atoms with Gasteiger partial charge in [0.15, 0.2) is 0 Å². The average Bonchev–Trinajstić information content (AvgIpc) is 2.43. The number of aryl methyl sites for hydroxylation is 1. The van der Waals surface area contributed by atoms with Crippen molar-refractivity contribution >= 4 is 12.7 Å². The molecule has 112 valence electrons. The molecule has 20 heavy (non-hydrogen) atoms. The van der Waals surface area contributed by atoms with Gasteiger partial charge >= 0.3 is 7.12 Å². The lowest BCUT2D eigenvalue weighted by molar-refractivity contribution is 0.260. The fraction of sp³-hybridized carbons (Fsp3) is 0.667.